The zero-order valence-corrected chi connectivity index (χ0v) is 10.7. The van der Waals surface area contributed by atoms with E-state index < -0.39 is 41.7 Å². The normalized spacial score (nSPS) is 36.4. The number of nitrogens with zero attached hydrogens (tertiary/aromatic N) is 1. The van der Waals surface area contributed by atoms with E-state index in [1.807, 2.05) is 0 Å². The molecular weight excluding hydrogens is 286 g/mol. The molecule has 0 aromatic heterocycles. The van der Waals surface area contributed by atoms with Crippen LogP contribution in [0, 0.1) is 10.1 Å². The Balaban J connectivity index is 2.37. The fourth-order valence-electron chi connectivity index (χ4n) is 2.21. The molecule has 0 aliphatic carbocycles. The second-order valence-electron chi connectivity index (χ2n) is 4.77. The lowest BCUT2D eigenvalue weighted by molar-refractivity contribution is -0.385. The standard InChI is InChI=1S/C12H15NO8/c14-5-8-9(15)10(16)11(17)12(18,21-8)6-1-3-7(4-2-6)13(19)20/h1-4,8-11,14-18H,5H2/t8-,9-,10+,11+,12+/m1/s1. The molecule has 1 saturated heterocycles. The Hall–Kier alpha value is -1.62. The monoisotopic (exact) mass is 301 g/mol. The van der Waals surface area contributed by atoms with Gasteiger partial charge in [0.05, 0.1) is 11.5 Å². The minimum absolute atomic E-state index is 0.0509. The van der Waals surface area contributed by atoms with Gasteiger partial charge in [0, 0.05) is 17.7 Å². The van der Waals surface area contributed by atoms with E-state index in [-0.39, 0.29) is 11.3 Å². The first-order chi connectivity index (χ1) is 9.81. The summed E-state index contributed by atoms with van der Waals surface area (Å²) in [6, 6.07) is 4.49. The van der Waals surface area contributed by atoms with Crippen LogP contribution in [-0.4, -0.2) is 61.5 Å². The van der Waals surface area contributed by atoms with E-state index in [1.54, 1.807) is 0 Å². The fourth-order valence-corrected chi connectivity index (χ4v) is 2.21. The highest BCUT2D eigenvalue weighted by atomic mass is 16.7. The van der Waals surface area contributed by atoms with Gasteiger partial charge in [0.25, 0.3) is 5.69 Å². The third kappa shape index (κ3) is 2.62. The predicted molar refractivity (Wildman–Crippen MR) is 67.0 cm³/mol. The predicted octanol–water partition coefficient (Wildman–Crippen LogP) is -1.79. The van der Waals surface area contributed by atoms with Gasteiger partial charge in [-0.1, -0.05) is 0 Å². The average molecular weight is 301 g/mol. The van der Waals surface area contributed by atoms with Crippen molar-refractivity contribution in [1.29, 1.82) is 0 Å². The van der Waals surface area contributed by atoms with E-state index >= 15 is 0 Å². The van der Waals surface area contributed by atoms with Gasteiger partial charge in [0.15, 0.2) is 0 Å². The molecule has 5 N–H and O–H groups in total. The highest BCUT2D eigenvalue weighted by molar-refractivity contribution is 5.35. The lowest BCUT2D eigenvalue weighted by atomic mass is 9.88. The highest BCUT2D eigenvalue weighted by Crippen LogP contribution is 2.36. The van der Waals surface area contributed by atoms with Crippen LogP contribution in [-0.2, 0) is 10.5 Å². The molecule has 0 saturated carbocycles. The largest absolute Gasteiger partial charge is 0.394 e. The number of hydrogen-bond acceptors (Lipinski definition) is 8. The third-order valence-corrected chi connectivity index (χ3v) is 3.46. The van der Waals surface area contributed by atoms with Crippen molar-refractivity contribution in [2.24, 2.45) is 0 Å². The van der Waals surface area contributed by atoms with E-state index in [0.717, 1.165) is 24.3 Å². The Morgan fingerprint density at radius 3 is 2.24 bits per heavy atom. The molecule has 21 heavy (non-hydrogen) atoms. The van der Waals surface area contributed by atoms with Gasteiger partial charge in [-0.05, 0) is 12.1 Å². The van der Waals surface area contributed by atoms with Crippen LogP contribution in [0.25, 0.3) is 0 Å². The molecule has 0 unspecified atom stereocenters. The summed E-state index contributed by atoms with van der Waals surface area (Å²) in [6.07, 6.45) is -6.54. The molecule has 9 heteroatoms. The molecule has 0 spiro atoms. The van der Waals surface area contributed by atoms with Crippen LogP contribution in [0.5, 0.6) is 0 Å². The molecule has 2 rings (SSSR count). The van der Waals surface area contributed by atoms with Crippen molar-refractivity contribution in [3.63, 3.8) is 0 Å². The molecule has 1 fully saturated rings. The molecule has 0 bridgehead atoms. The van der Waals surface area contributed by atoms with Crippen molar-refractivity contribution in [2.45, 2.75) is 30.2 Å². The quantitative estimate of drug-likeness (QED) is 0.324. The number of non-ortho nitro benzene ring substituents is 1. The molecule has 0 amide bonds. The number of nitro benzene ring substituents is 1. The lowest BCUT2D eigenvalue weighted by Crippen LogP contribution is -2.63. The second kappa shape index (κ2) is 5.64. The maximum atomic E-state index is 10.6. The van der Waals surface area contributed by atoms with Crippen molar-refractivity contribution in [1.82, 2.24) is 0 Å². The Morgan fingerprint density at radius 2 is 1.76 bits per heavy atom. The van der Waals surface area contributed by atoms with Gasteiger partial charge >= 0.3 is 0 Å². The zero-order chi connectivity index (χ0) is 15.8. The van der Waals surface area contributed by atoms with Crippen LogP contribution in [0.2, 0.25) is 0 Å². The summed E-state index contributed by atoms with van der Waals surface area (Å²) in [5.74, 6) is -2.40. The van der Waals surface area contributed by atoms with Gasteiger partial charge in [-0.3, -0.25) is 10.1 Å². The number of aliphatic hydroxyl groups is 5. The summed E-state index contributed by atoms with van der Waals surface area (Å²) in [5.41, 5.74) is -0.281. The van der Waals surface area contributed by atoms with E-state index in [9.17, 15) is 30.5 Å². The summed E-state index contributed by atoms with van der Waals surface area (Å²) >= 11 is 0. The maximum Gasteiger partial charge on any atom is 0.269 e. The number of hydrogen-bond donors (Lipinski definition) is 5. The van der Waals surface area contributed by atoms with E-state index in [2.05, 4.69) is 0 Å². The summed E-state index contributed by atoms with van der Waals surface area (Å²) in [6.45, 7) is -0.694. The van der Waals surface area contributed by atoms with Crippen molar-refractivity contribution < 1.29 is 35.2 Å². The number of ether oxygens (including phenoxy) is 1. The van der Waals surface area contributed by atoms with E-state index in [4.69, 9.17) is 9.84 Å². The highest BCUT2D eigenvalue weighted by Gasteiger charge is 2.53. The fraction of sp³-hybridized carbons (Fsp3) is 0.500. The maximum absolute atomic E-state index is 10.6. The molecule has 1 heterocycles. The Kier molecular flexibility index (Phi) is 4.23. The SMILES string of the molecule is O=[N+]([O-])c1ccc([C@]2(O)O[C@H](CO)[C@@H](O)[C@H](O)[C@@H]2O)cc1. The van der Waals surface area contributed by atoms with Gasteiger partial charge < -0.3 is 30.3 Å². The summed E-state index contributed by atoms with van der Waals surface area (Å²) < 4.78 is 5.08. The van der Waals surface area contributed by atoms with Crippen molar-refractivity contribution >= 4 is 5.69 Å². The smallest absolute Gasteiger partial charge is 0.269 e. The topological polar surface area (TPSA) is 154 Å². The molecule has 1 aromatic rings. The molecule has 9 nitrogen and oxygen atoms in total. The van der Waals surface area contributed by atoms with Crippen LogP contribution in [0.15, 0.2) is 24.3 Å². The minimum Gasteiger partial charge on any atom is -0.394 e. The van der Waals surface area contributed by atoms with Gasteiger partial charge in [0.1, 0.15) is 24.4 Å². The Labute approximate surface area is 118 Å². The van der Waals surface area contributed by atoms with Crippen LogP contribution in [0.4, 0.5) is 5.69 Å². The summed E-state index contributed by atoms with van der Waals surface area (Å²) in [4.78, 5) is 9.94. The van der Waals surface area contributed by atoms with E-state index in [0.29, 0.717) is 0 Å². The van der Waals surface area contributed by atoms with Crippen molar-refractivity contribution in [2.75, 3.05) is 6.61 Å². The second-order valence-corrected chi connectivity index (χ2v) is 4.77. The first kappa shape index (κ1) is 15.8. The summed E-state index contributed by atoms with van der Waals surface area (Å²) in [7, 11) is 0. The number of rotatable bonds is 3. The molecule has 0 radical (unpaired) electrons. The minimum atomic E-state index is -2.40. The number of benzene rings is 1. The van der Waals surface area contributed by atoms with Crippen LogP contribution < -0.4 is 0 Å². The Morgan fingerprint density at radius 1 is 1.19 bits per heavy atom. The lowest BCUT2D eigenvalue weighted by Gasteiger charge is -2.45. The molecular formula is C12H15NO8. The first-order valence-electron chi connectivity index (χ1n) is 6.11. The first-order valence-corrected chi connectivity index (χ1v) is 6.11. The zero-order valence-electron chi connectivity index (χ0n) is 10.7. The van der Waals surface area contributed by atoms with Gasteiger partial charge in [-0.25, -0.2) is 0 Å². The summed E-state index contributed by atoms with van der Waals surface area (Å²) in [5, 5.41) is 59.3. The van der Waals surface area contributed by atoms with Gasteiger partial charge in [-0.2, -0.15) is 0 Å². The molecule has 5 atom stereocenters. The van der Waals surface area contributed by atoms with E-state index in [1.165, 1.54) is 0 Å². The Bertz CT molecular complexity index is 518. The van der Waals surface area contributed by atoms with Crippen LogP contribution in [0.3, 0.4) is 0 Å². The average Bonchev–Trinajstić information content (AvgIpc) is 2.49. The van der Waals surface area contributed by atoms with Crippen LogP contribution >= 0.6 is 0 Å². The molecule has 1 aromatic carbocycles. The third-order valence-electron chi connectivity index (χ3n) is 3.46. The number of nitro groups is 1. The number of aliphatic hydroxyl groups excluding tert-OH is 4. The van der Waals surface area contributed by atoms with Crippen molar-refractivity contribution in [3.8, 4) is 0 Å². The van der Waals surface area contributed by atoms with Gasteiger partial charge in [-0.15, -0.1) is 0 Å². The van der Waals surface area contributed by atoms with Crippen molar-refractivity contribution in [3.05, 3.63) is 39.9 Å². The molecule has 116 valence electrons. The molecule has 1 aliphatic rings. The van der Waals surface area contributed by atoms with Gasteiger partial charge in [0.2, 0.25) is 5.79 Å². The van der Waals surface area contributed by atoms with Crippen LogP contribution in [0.1, 0.15) is 5.56 Å². The molecule has 1 aliphatic heterocycles.